The van der Waals surface area contributed by atoms with E-state index in [0.717, 1.165) is 145 Å². The molecule has 6 heterocycles. The van der Waals surface area contributed by atoms with Crippen LogP contribution in [0.1, 0.15) is 132 Å². The molecule has 0 saturated heterocycles. The smallest absolute Gasteiger partial charge is 0.256 e. The van der Waals surface area contributed by atoms with Gasteiger partial charge < -0.3 is 27.8 Å². The van der Waals surface area contributed by atoms with Gasteiger partial charge in [-0.3, -0.25) is 0 Å². The highest BCUT2D eigenvalue weighted by Gasteiger charge is 2.45. The number of aromatic nitrogens is 3. The molecular formula is C104H91BN4O2. The van der Waals surface area contributed by atoms with Crippen molar-refractivity contribution < 1.29 is 9.15 Å². The number of ether oxygens (including phenoxy) is 1. The van der Waals surface area contributed by atoms with Crippen LogP contribution in [-0.4, -0.2) is 20.4 Å². The van der Waals surface area contributed by atoms with Crippen molar-refractivity contribution in [2.45, 2.75) is 131 Å². The Kier molecular flexibility index (Phi) is 14.9. The first-order valence-electron chi connectivity index (χ1n) is 39.6. The Hall–Kier alpha value is -12.1. The van der Waals surface area contributed by atoms with Crippen molar-refractivity contribution in [2.24, 2.45) is 0 Å². The largest absolute Gasteiger partial charge is 0.458 e. The SMILES string of the molecule is CC(C)(C)c1ccc2c(c1)c1cc(C(C)(C)C)ccc1n2-c1ccc2c(c1)Oc1cc(-c3c(-c4ccc5c(c4)oc4ccccc45)cccc3-n3c4ccc(C(C)(C)C)cc4c4cc(C(C)(C)C)ccc43)cc3c1B2c1ccc(-n2c4ccccc4c4ccccc42)cc1N3c1c(-c2ccccc2)cccc1C(C)(C)C. The number of hydrogen-bond acceptors (Lipinski definition) is 3. The molecule has 0 unspecified atom stereocenters. The van der Waals surface area contributed by atoms with E-state index in [2.05, 4.69) is 402 Å². The molecule has 0 fully saturated rings. The maximum absolute atomic E-state index is 8.10. The fraction of sp³-hybridized carbons (Fsp3) is 0.192. The maximum Gasteiger partial charge on any atom is 0.256 e. The molecule has 0 spiro atoms. The van der Waals surface area contributed by atoms with Gasteiger partial charge >= 0.3 is 0 Å². The van der Waals surface area contributed by atoms with E-state index in [0.29, 0.717) is 0 Å². The van der Waals surface area contributed by atoms with Crippen LogP contribution in [0.2, 0.25) is 0 Å². The first kappa shape index (κ1) is 68.2. The third kappa shape index (κ3) is 10.7. The van der Waals surface area contributed by atoms with E-state index in [1.165, 1.54) is 65.6 Å². The highest BCUT2D eigenvalue weighted by atomic mass is 16.5. The van der Waals surface area contributed by atoms with Crippen LogP contribution in [0.25, 0.3) is 138 Å². The second-order valence-corrected chi connectivity index (χ2v) is 36.5. The van der Waals surface area contributed by atoms with Crippen molar-refractivity contribution in [3.05, 3.63) is 307 Å². The van der Waals surface area contributed by atoms with Crippen molar-refractivity contribution in [1.82, 2.24) is 13.7 Å². The maximum atomic E-state index is 8.10. The molecule has 0 bridgehead atoms. The van der Waals surface area contributed by atoms with E-state index in [1.807, 2.05) is 0 Å². The van der Waals surface area contributed by atoms with Gasteiger partial charge in [-0.1, -0.05) is 262 Å². The van der Waals surface area contributed by atoms with Gasteiger partial charge in [0.05, 0.1) is 44.5 Å². The van der Waals surface area contributed by atoms with Gasteiger partial charge in [-0.25, -0.2) is 0 Å². The molecule has 542 valence electrons. The highest BCUT2D eigenvalue weighted by Crippen LogP contribution is 2.53. The molecule has 7 heteroatoms. The minimum Gasteiger partial charge on any atom is -0.458 e. The lowest BCUT2D eigenvalue weighted by Gasteiger charge is -2.43. The van der Waals surface area contributed by atoms with E-state index >= 15 is 0 Å². The first-order valence-corrected chi connectivity index (χ1v) is 39.6. The van der Waals surface area contributed by atoms with Gasteiger partial charge in [-0.05, 0) is 209 Å². The van der Waals surface area contributed by atoms with Crippen molar-refractivity contribution in [1.29, 1.82) is 0 Å². The highest BCUT2D eigenvalue weighted by molar-refractivity contribution is 6.99. The minimum absolute atomic E-state index is 0.0534. The van der Waals surface area contributed by atoms with Crippen LogP contribution >= 0.6 is 0 Å². The average Bonchev–Trinajstić information content (AvgIpc) is 1.42. The quantitative estimate of drug-likeness (QED) is 0.149. The summed E-state index contributed by atoms with van der Waals surface area (Å²) in [5.41, 5.74) is 30.7. The van der Waals surface area contributed by atoms with Crippen LogP contribution in [-0.2, 0) is 27.1 Å². The van der Waals surface area contributed by atoms with Crippen LogP contribution in [0.15, 0.2) is 283 Å². The Labute approximate surface area is 650 Å². The van der Waals surface area contributed by atoms with E-state index in [9.17, 15) is 0 Å². The molecule has 18 aromatic rings. The van der Waals surface area contributed by atoms with E-state index in [-0.39, 0.29) is 33.8 Å². The number of rotatable bonds is 7. The topological polar surface area (TPSA) is 40.4 Å². The second-order valence-electron chi connectivity index (χ2n) is 36.5. The molecule has 0 N–H and O–H groups in total. The predicted molar refractivity (Wildman–Crippen MR) is 472 cm³/mol. The first-order chi connectivity index (χ1) is 53.2. The van der Waals surface area contributed by atoms with Gasteiger partial charge in [0, 0.05) is 83.0 Å². The Balaban J connectivity index is 0.928. The standard InChI is InChI=1S/C104H91BN4O2/c1-100(2,3)65-40-49-86-77(56-65)78-57-66(101(4,5)6)41-50-87(78)107(86)70-45-48-83-95(61-70)111-96-55-64(97-71(63-39-46-76-75-31-21-24-38-93(75)110-94(76)54-63)32-26-37-90(97)108-88-51-42-67(102(7,8)9)58-79(88)80-59-68(103(10,11)12)43-52-89(80)108)53-92-98(96)105(83)82-47-44-69(106-84-35-22-19-29-73(84)74-30-20-23-36-85(74)106)60-91(82)109(92)99-72(62-27-17-16-18-28-62)33-25-34-81(99)104(13,14)15/h16-61H,1-15H3. The molecule has 14 aromatic carbocycles. The number of hydrogen-bond donors (Lipinski definition) is 0. The molecule has 2 aliphatic rings. The van der Waals surface area contributed by atoms with Gasteiger partial charge in [0.15, 0.2) is 0 Å². The van der Waals surface area contributed by atoms with Crippen molar-refractivity contribution in [3.63, 3.8) is 0 Å². The molecule has 2 aliphatic heterocycles. The number of benzene rings is 14. The van der Waals surface area contributed by atoms with Gasteiger partial charge in [-0.15, -0.1) is 0 Å². The van der Waals surface area contributed by atoms with Crippen molar-refractivity contribution >= 4 is 128 Å². The van der Waals surface area contributed by atoms with Crippen LogP contribution in [0.4, 0.5) is 17.1 Å². The molecule has 111 heavy (non-hydrogen) atoms. The molecule has 4 aromatic heterocycles. The summed E-state index contributed by atoms with van der Waals surface area (Å²) >= 11 is 0. The minimum atomic E-state index is -0.334. The zero-order valence-electron chi connectivity index (χ0n) is 66.2. The van der Waals surface area contributed by atoms with Crippen molar-refractivity contribution in [3.8, 4) is 61.9 Å². The van der Waals surface area contributed by atoms with Crippen LogP contribution in [0.5, 0.6) is 11.5 Å². The number of fused-ring (bicyclic) bond motifs is 16. The van der Waals surface area contributed by atoms with Gasteiger partial charge in [-0.2, -0.15) is 0 Å². The lowest BCUT2D eigenvalue weighted by molar-refractivity contribution is 0.487. The molecule has 0 radical (unpaired) electrons. The fourth-order valence-electron chi connectivity index (χ4n) is 18.4. The van der Waals surface area contributed by atoms with E-state index in [4.69, 9.17) is 9.15 Å². The molecule has 0 atom stereocenters. The fourth-order valence-corrected chi connectivity index (χ4v) is 18.4. The molecular weight excluding hydrogens is 1350 g/mol. The van der Waals surface area contributed by atoms with Crippen LogP contribution in [0, 0.1) is 0 Å². The molecule has 0 aliphatic carbocycles. The Morgan fingerprint density at radius 3 is 1.33 bits per heavy atom. The molecule has 0 saturated carbocycles. The van der Waals surface area contributed by atoms with Crippen LogP contribution in [0.3, 0.4) is 0 Å². The lowest BCUT2D eigenvalue weighted by atomic mass is 9.34. The zero-order valence-corrected chi connectivity index (χ0v) is 66.2. The monoisotopic (exact) mass is 1440 g/mol. The van der Waals surface area contributed by atoms with E-state index < -0.39 is 0 Å². The third-order valence-corrected chi connectivity index (χ3v) is 24.2. The molecule has 6 nitrogen and oxygen atoms in total. The van der Waals surface area contributed by atoms with Crippen LogP contribution < -0.4 is 26.0 Å². The average molecular weight is 1440 g/mol. The number of anilines is 3. The summed E-state index contributed by atoms with van der Waals surface area (Å²) in [4.78, 5) is 2.66. The summed E-state index contributed by atoms with van der Waals surface area (Å²) in [7, 11) is 0. The van der Waals surface area contributed by atoms with Gasteiger partial charge in [0.1, 0.15) is 22.7 Å². The third-order valence-electron chi connectivity index (χ3n) is 24.2. The summed E-state index contributed by atoms with van der Waals surface area (Å²) in [6.07, 6.45) is 0. The Bertz CT molecular complexity index is 6760. The molecule has 0 amide bonds. The summed E-state index contributed by atoms with van der Waals surface area (Å²) in [5.74, 6) is 1.63. The van der Waals surface area contributed by atoms with E-state index in [1.54, 1.807) is 0 Å². The number of nitrogens with zero attached hydrogens (tertiary/aromatic N) is 4. The zero-order chi connectivity index (χ0) is 76.3. The van der Waals surface area contributed by atoms with Gasteiger partial charge in [0.25, 0.3) is 6.71 Å². The normalized spacial score (nSPS) is 13.4. The summed E-state index contributed by atoms with van der Waals surface area (Å²) in [6.45, 7) is 34.7. The summed E-state index contributed by atoms with van der Waals surface area (Å²) in [5, 5.41) is 9.56. The summed E-state index contributed by atoms with van der Waals surface area (Å²) < 4.78 is 22.5. The number of para-hydroxylation sites is 4. The Morgan fingerprint density at radius 1 is 0.279 bits per heavy atom. The Morgan fingerprint density at radius 2 is 0.766 bits per heavy atom. The molecule has 20 rings (SSSR count). The predicted octanol–water partition coefficient (Wildman–Crippen LogP) is 26.8. The second kappa shape index (κ2) is 24.2. The lowest BCUT2D eigenvalue weighted by Crippen LogP contribution is -2.59. The summed E-state index contributed by atoms with van der Waals surface area (Å²) in [6, 6.07) is 106. The number of furan rings is 1. The van der Waals surface area contributed by atoms with Gasteiger partial charge in [0.2, 0.25) is 0 Å². The van der Waals surface area contributed by atoms with Crippen molar-refractivity contribution in [2.75, 3.05) is 4.90 Å².